The Labute approximate surface area is 177 Å². The van der Waals surface area contributed by atoms with Gasteiger partial charge in [-0.15, -0.1) is 0 Å². The summed E-state index contributed by atoms with van der Waals surface area (Å²) in [6.45, 7) is 0.345. The summed E-state index contributed by atoms with van der Waals surface area (Å²) in [4.78, 5) is 23.4. The van der Waals surface area contributed by atoms with Crippen LogP contribution in [-0.2, 0) is 6.54 Å². The minimum absolute atomic E-state index is 0.0898. The van der Waals surface area contributed by atoms with Crippen LogP contribution in [0.15, 0.2) is 55.0 Å². The van der Waals surface area contributed by atoms with Gasteiger partial charge in [-0.2, -0.15) is 5.10 Å². The van der Waals surface area contributed by atoms with Crippen molar-refractivity contribution in [1.82, 2.24) is 25.1 Å². The molecule has 1 fully saturated rings. The first-order chi connectivity index (χ1) is 15.1. The number of rotatable bonds is 6. The van der Waals surface area contributed by atoms with Gasteiger partial charge in [0.25, 0.3) is 5.91 Å². The zero-order valence-electron chi connectivity index (χ0n) is 16.9. The maximum atomic E-state index is 13.7. The first-order valence-corrected chi connectivity index (χ1v) is 10.0. The standard InChI is InChI=1S/C23H20FN5O2/c1-29(13-16-11-25-10-15-12-26-28-21(15)16)23(30)20-8-7-19(14-3-2-4-17(24)9-14)22(27-20)31-18-5-6-18/h2-4,7-12,18H,5-6,13H2,1H3,(H,26,28). The van der Waals surface area contributed by atoms with Crippen molar-refractivity contribution in [3.63, 3.8) is 0 Å². The Balaban J connectivity index is 1.43. The minimum atomic E-state index is -0.337. The van der Waals surface area contributed by atoms with Crippen LogP contribution in [0.25, 0.3) is 22.0 Å². The fourth-order valence-electron chi connectivity index (χ4n) is 3.43. The highest BCUT2D eigenvalue weighted by Gasteiger charge is 2.27. The second-order valence-corrected chi connectivity index (χ2v) is 7.67. The van der Waals surface area contributed by atoms with E-state index in [9.17, 15) is 9.18 Å². The molecule has 1 aliphatic rings. The number of ether oxygens (including phenoxy) is 1. The third-order valence-corrected chi connectivity index (χ3v) is 5.21. The summed E-state index contributed by atoms with van der Waals surface area (Å²) < 4.78 is 19.7. The normalized spacial score (nSPS) is 13.4. The van der Waals surface area contributed by atoms with E-state index >= 15 is 0 Å². The number of fused-ring (bicyclic) bond motifs is 1. The summed E-state index contributed by atoms with van der Waals surface area (Å²) in [5.41, 5.74) is 3.30. The van der Waals surface area contributed by atoms with Crippen LogP contribution in [0, 0.1) is 5.82 Å². The van der Waals surface area contributed by atoms with Gasteiger partial charge in [0.2, 0.25) is 5.88 Å². The average molecular weight is 417 g/mol. The summed E-state index contributed by atoms with van der Waals surface area (Å²) in [7, 11) is 1.71. The number of hydrogen-bond donors (Lipinski definition) is 1. The molecule has 7 nitrogen and oxygen atoms in total. The molecule has 1 aliphatic carbocycles. The molecule has 3 aromatic heterocycles. The Morgan fingerprint density at radius 3 is 2.90 bits per heavy atom. The summed E-state index contributed by atoms with van der Waals surface area (Å²) in [5.74, 6) is -0.232. The molecule has 0 radical (unpaired) electrons. The predicted molar refractivity (Wildman–Crippen MR) is 113 cm³/mol. The molecule has 1 amide bonds. The molecule has 0 saturated heterocycles. The van der Waals surface area contributed by atoms with Crippen LogP contribution in [-0.4, -0.2) is 44.1 Å². The molecule has 1 aromatic carbocycles. The van der Waals surface area contributed by atoms with Crippen LogP contribution >= 0.6 is 0 Å². The zero-order valence-corrected chi connectivity index (χ0v) is 16.9. The van der Waals surface area contributed by atoms with E-state index in [0.717, 1.165) is 29.3 Å². The van der Waals surface area contributed by atoms with Crippen LogP contribution in [0.5, 0.6) is 5.88 Å². The van der Waals surface area contributed by atoms with Gasteiger partial charge in [-0.1, -0.05) is 12.1 Å². The lowest BCUT2D eigenvalue weighted by Gasteiger charge is -2.18. The first kappa shape index (κ1) is 19.2. The Morgan fingerprint density at radius 2 is 2.10 bits per heavy atom. The van der Waals surface area contributed by atoms with Crippen LogP contribution in [0.4, 0.5) is 4.39 Å². The molecule has 0 bridgehead atoms. The van der Waals surface area contributed by atoms with Crippen LogP contribution in [0.1, 0.15) is 28.9 Å². The molecule has 31 heavy (non-hydrogen) atoms. The Morgan fingerprint density at radius 1 is 1.23 bits per heavy atom. The number of amides is 1. The second kappa shape index (κ2) is 7.79. The lowest BCUT2D eigenvalue weighted by molar-refractivity contribution is 0.0778. The minimum Gasteiger partial charge on any atom is -0.474 e. The van der Waals surface area contributed by atoms with Gasteiger partial charge < -0.3 is 9.64 Å². The number of nitrogens with zero attached hydrogens (tertiary/aromatic N) is 4. The van der Waals surface area contributed by atoms with Crippen molar-refractivity contribution in [1.29, 1.82) is 0 Å². The third-order valence-electron chi connectivity index (χ3n) is 5.21. The van der Waals surface area contributed by atoms with E-state index in [0.29, 0.717) is 23.6 Å². The average Bonchev–Trinajstić information content (AvgIpc) is 3.45. The molecule has 0 atom stereocenters. The number of pyridine rings is 2. The molecule has 0 spiro atoms. The predicted octanol–water partition coefficient (Wildman–Crippen LogP) is 3.97. The van der Waals surface area contributed by atoms with E-state index < -0.39 is 0 Å². The van der Waals surface area contributed by atoms with Crippen LogP contribution < -0.4 is 4.74 Å². The monoisotopic (exact) mass is 417 g/mol. The van der Waals surface area contributed by atoms with Crippen LogP contribution in [0.3, 0.4) is 0 Å². The van der Waals surface area contributed by atoms with Gasteiger partial charge in [-0.05, 0) is 42.7 Å². The molecule has 8 heteroatoms. The topological polar surface area (TPSA) is 84.0 Å². The van der Waals surface area contributed by atoms with E-state index in [1.807, 2.05) is 0 Å². The SMILES string of the molecule is CN(Cc1cncc2cn[nH]c12)C(=O)c1ccc(-c2cccc(F)c2)c(OC2CC2)n1. The van der Waals surface area contributed by atoms with E-state index in [2.05, 4.69) is 20.2 Å². The number of nitrogens with one attached hydrogen (secondary N) is 1. The van der Waals surface area contributed by atoms with Crippen molar-refractivity contribution < 1.29 is 13.9 Å². The summed E-state index contributed by atoms with van der Waals surface area (Å²) in [5, 5.41) is 7.87. The number of carbonyl (C=O) groups is 1. The molecule has 1 N–H and O–H groups in total. The van der Waals surface area contributed by atoms with Crippen molar-refractivity contribution in [2.24, 2.45) is 0 Å². The van der Waals surface area contributed by atoms with Crippen molar-refractivity contribution in [3.05, 3.63) is 72.1 Å². The fraction of sp³-hybridized carbons (Fsp3) is 0.217. The lowest BCUT2D eigenvalue weighted by Crippen LogP contribution is -2.27. The van der Waals surface area contributed by atoms with E-state index in [-0.39, 0.29) is 23.5 Å². The Kier molecular flexibility index (Phi) is 4.82. The molecular weight excluding hydrogens is 397 g/mol. The number of carbonyl (C=O) groups excluding carboxylic acids is 1. The fourth-order valence-corrected chi connectivity index (χ4v) is 3.43. The molecule has 3 heterocycles. The van der Waals surface area contributed by atoms with E-state index in [1.165, 1.54) is 12.1 Å². The second-order valence-electron chi connectivity index (χ2n) is 7.67. The summed E-state index contributed by atoms with van der Waals surface area (Å²) in [6.07, 6.45) is 7.12. The van der Waals surface area contributed by atoms with Crippen molar-refractivity contribution in [3.8, 4) is 17.0 Å². The molecule has 4 aromatic rings. The van der Waals surface area contributed by atoms with Gasteiger partial charge in [-0.3, -0.25) is 14.9 Å². The number of halogens is 1. The maximum absolute atomic E-state index is 13.7. The maximum Gasteiger partial charge on any atom is 0.272 e. The van der Waals surface area contributed by atoms with Gasteiger partial charge >= 0.3 is 0 Å². The number of aromatic nitrogens is 4. The van der Waals surface area contributed by atoms with E-state index in [1.54, 1.807) is 54.8 Å². The largest absolute Gasteiger partial charge is 0.474 e. The molecule has 0 unspecified atom stereocenters. The van der Waals surface area contributed by atoms with Gasteiger partial charge in [-0.25, -0.2) is 9.37 Å². The summed E-state index contributed by atoms with van der Waals surface area (Å²) in [6, 6.07) is 9.67. The first-order valence-electron chi connectivity index (χ1n) is 10.0. The molecular formula is C23H20FN5O2. The Bertz CT molecular complexity index is 1270. The molecule has 5 rings (SSSR count). The number of H-pyrrole nitrogens is 1. The van der Waals surface area contributed by atoms with Gasteiger partial charge in [0, 0.05) is 42.5 Å². The molecule has 1 saturated carbocycles. The van der Waals surface area contributed by atoms with Crippen LogP contribution in [0.2, 0.25) is 0 Å². The van der Waals surface area contributed by atoms with Crippen molar-refractivity contribution in [2.45, 2.75) is 25.5 Å². The molecule has 0 aliphatic heterocycles. The number of aromatic amines is 1. The third kappa shape index (κ3) is 3.96. The smallest absolute Gasteiger partial charge is 0.272 e. The van der Waals surface area contributed by atoms with Gasteiger partial charge in [0.15, 0.2) is 0 Å². The zero-order chi connectivity index (χ0) is 21.4. The number of hydrogen-bond acceptors (Lipinski definition) is 5. The quantitative estimate of drug-likeness (QED) is 0.513. The molecule has 156 valence electrons. The lowest BCUT2D eigenvalue weighted by atomic mass is 10.1. The highest BCUT2D eigenvalue weighted by molar-refractivity contribution is 5.93. The van der Waals surface area contributed by atoms with Gasteiger partial charge in [0.05, 0.1) is 11.7 Å². The van der Waals surface area contributed by atoms with Crippen molar-refractivity contribution >= 4 is 16.8 Å². The highest BCUT2D eigenvalue weighted by atomic mass is 19.1. The van der Waals surface area contributed by atoms with Gasteiger partial charge in [0.1, 0.15) is 17.6 Å². The Hall–Kier alpha value is -3.81. The summed E-state index contributed by atoms with van der Waals surface area (Å²) >= 11 is 0. The van der Waals surface area contributed by atoms with Crippen molar-refractivity contribution in [2.75, 3.05) is 7.05 Å². The number of benzene rings is 1. The van der Waals surface area contributed by atoms with E-state index in [4.69, 9.17) is 4.74 Å². The highest BCUT2D eigenvalue weighted by Crippen LogP contribution is 2.34.